The Hall–Kier alpha value is -1.26. The molecule has 4 nitrogen and oxygen atoms in total. The maximum atomic E-state index is 9.43. The molecule has 0 saturated heterocycles. The van der Waals surface area contributed by atoms with Crippen LogP contribution >= 0.6 is 0 Å². The Morgan fingerprint density at radius 3 is 2.50 bits per heavy atom. The molecule has 0 heterocycles. The summed E-state index contributed by atoms with van der Waals surface area (Å²) in [5, 5.41) is 18.8. The summed E-state index contributed by atoms with van der Waals surface area (Å²) < 4.78 is 0. The lowest BCUT2D eigenvalue weighted by Crippen LogP contribution is -2.05. The lowest BCUT2D eigenvalue weighted by molar-refractivity contribution is 0.141. The van der Waals surface area contributed by atoms with Gasteiger partial charge in [-0.3, -0.25) is 0 Å². The lowest BCUT2D eigenvalue weighted by Gasteiger charge is -2.11. The average Bonchev–Trinajstić information content (AvgIpc) is 2.18. The van der Waals surface area contributed by atoms with Crippen LogP contribution in [-0.2, 0) is 11.3 Å². The summed E-state index contributed by atoms with van der Waals surface area (Å²) in [7, 11) is 0. The summed E-state index contributed by atoms with van der Waals surface area (Å²) in [6.07, 6.45) is 0.622. The molecule has 0 unspecified atom stereocenters. The first kappa shape index (κ1) is 10.8. The molecule has 4 heteroatoms. The van der Waals surface area contributed by atoms with Gasteiger partial charge in [0.1, 0.15) is 0 Å². The molecule has 0 radical (unpaired) electrons. The number of phenols is 2. The summed E-state index contributed by atoms with van der Waals surface area (Å²) in [5.41, 5.74) is 2.58. The zero-order valence-electron chi connectivity index (χ0n) is 8.37. The van der Waals surface area contributed by atoms with Gasteiger partial charge in [0.15, 0.2) is 11.5 Å². The molecule has 0 spiro atoms. The molecule has 0 atom stereocenters. The van der Waals surface area contributed by atoms with E-state index in [0.29, 0.717) is 18.6 Å². The minimum atomic E-state index is -0.0971. The van der Waals surface area contributed by atoms with Crippen LogP contribution in [0.15, 0.2) is 6.07 Å². The monoisotopic (exact) mass is 197 g/mol. The number of hydrogen-bond donors (Lipinski definition) is 3. The fourth-order valence-electron chi connectivity index (χ4n) is 1.38. The Bertz CT molecular complexity index is 337. The Morgan fingerprint density at radius 1 is 1.29 bits per heavy atom. The van der Waals surface area contributed by atoms with Crippen LogP contribution in [0.5, 0.6) is 11.5 Å². The lowest BCUT2D eigenvalue weighted by atomic mass is 9.99. The molecule has 1 rings (SSSR count). The SMILES string of the molecule is Cc1c(CCON)cc(O)c(O)c1C. The fourth-order valence-corrected chi connectivity index (χ4v) is 1.38. The predicted octanol–water partition coefficient (Wildman–Crippen LogP) is 1.15. The third-order valence-electron chi connectivity index (χ3n) is 2.44. The normalized spacial score (nSPS) is 10.5. The fraction of sp³-hybridized carbons (Fsp3) is 0.400. The van der Waals surface area contributed by atoms with E-state index in [1.807, 2.05) is 6.92 Å². The highest BCUT2D eigenvalue weighted by atomic mass is 16.6. The molecule has 1 aromatic carbocycles. The van der Waals surface area contributed by atoms with E-state index in [1.165, 1.54) is 6.07 Å². The number of aromatic hydroxyl groups is 2. The smallest absolute Gasteiger partial charge is 0.160 e. The van der Waals surface area contributed by atoms with E-state index in [0.717, 1.165) is 11.1 Å². The average molecular weight is 197 g/mol. The van der Waals surface area contributed by atoms with E-state index < -0.39 is 0 Å². The summed E-state index contributed by atoms with van der Waals surface area (Å²) in [6.45, 7) is 4.04. The second kappa shape index (κ2) is 4.30. The molecule has 78 valence electrons. The summed E-state index contributed by atoms with van der Waals surface area (Å²) in [4.78, 5) is 4.47. The highest BCUT2D eigenvalue weighted by molar-refractivity contribution is 5.51. The molecule has 14 heavy (non-hydrogen) atoms. The maximum absolute atomic E-state index is 9.43. The summed E-state index contributed by atoms with van der Waals surface area (Å²) >= 11 is 0. The van der Waals surface area contributed by atoms with Gasteiger partial charge >= 0.3 is 0 Å². The van der Waals surface area contributed by atoms with E-state index >= 15 is 0 Å². The Kier molecular flexibility index (Phi) is 3.33. The number of benzene rings is 1. The third kappa shape index (κ3) is 1.97. The van der Waals surface area contributed by atoms with Crippen LogP contribution < -0.4 is 5.90 Å². The van der Waals surface area contributed by atoms with Crippen molar-refractivity contribution in [2.24, 2.45) is 5.90 Å². The van der Waals surface area contributed by atoms with Crippen molar-refractivity contribution in [3.05, 3.63) is 22.8 Å². The Labute approximate surface area is 82.9 Å². The first-order chi connectivity index (χ1) is 6.57. The van der Waals surface area contributed by atoms with Crippen LogP contribution in [0.3, 0.4) is 0 Å². The number of nitrogens with two attached hydrogens (primary N) is 1. The van der Waals surface area contributed by atoms with E-state index in [4.69, 9.17) is 5.90 Å². The zero-order chi connectivity index (χ0) is 10.7. The summed E-state index contributed by atoms with van der Waals surface area (Å²) in [6, 6.07) is 1.54. The standard InChI is InChI=1S/C10H15NO3/c1-6-7(2)10(13)9(12)5-8(6)3-4-14-11/h5,12-13H,3-4,11H2,1-2H3. The largest absolute Gasteiger partial charge is 0.504 e. The summed E-state index contributed by atoms with van der Waals surface area (Å²) in [5.74, 6) is 4.77. The number of hydrogen-bond acceptors (Lipinski definition) is 4. The van der Waals surface area contributed by atoms with Crippen LogP contribution in [0, 0.1) is 13.8 Å². The third-order valence-corrected chi connectivity index (χ3v) is 2.44. The quantitative estimate of drug-likeness (QED) is 0.502. The van der Waals surface area contributed by atoms with E-state index in [2.05, 4.69) is 4.84 Å². The second-order valence-electron chi connectivity index (χ2n) is 3.27. The van der Waals surface area contributed by atoms with Gasteiger partial charge < -0.3 is 15.1 Å². The molecule has 0 amide bonds. The van der Waals surface area contributed by atoms with Gasteiger partial charge in [-0.05, 0) is 43.0 Å². The molecular weight excluding hydrogens is 182 g/mol. The number of rotatable bonds is 3. The van der Waals surface area contributed by atoms with Crippen molar-refractivity contribution < 1.29 is 15.1 Å². The van der Waals surface area contributed by atoms with Gasteiger partial charge in [-0.25, -0.2) is 5.90 Å². The van der Waals surface area contributed by atoms with Gasteiger partial charge in [0.2, 0.25) is 0 Å². The predicted molar refractivity (Wildman–Crippen MR) is 53.1 cm³/mol. The van der Waals surface area contributed by atoms with E-state index in [1.54, 1.807) is 6.92 Å². The van der Waals surface area contributed by atoms with Crippen LogP contribution in [-0.4, -0.2) is 16.8 Å². The van der Waals surface area contributed by atoms with Crippen molar-refractivity contribution in [3.63, 3.8) is 0 Å². The molecule has 4 N–H and O–H groups in total. The van der Waals surface area contributed by atoms with Crippen LogP contribution in [0.4, 0.5) is 0 Å². The van der Waals surface area contributed by atoms with Gasteiger partial charge in [0, 0.05) is 0 Å². The molecule has 0 aliphatic heterocycles. The van der Waals surface area contributed by atoms with E-state index in [9.17, 15) is 10.2 Å². The highest BCUT2D eigenvalue weighted by Gasteiger charge is 2.10. The minimum Gasteiger partial charge on any atom is -0.504 e. The van der Waals surface area contributed by atoms with Crippen LogP contribution in [0.25, 0.3) is 0 Å². The first-order valence-corrected chi connectivity index (χ1v) is 4.40. The van der Waals surface area contributed by atoms with Gasteiger partial charge in [-0.15, -0.1) is 0 Å². The van der Waals surface area contributed by atoms with Gasteiger partial charge in [-0.1, -0.05) is 0 Å². The highest BCUT2D eigenvalue weighted by Crippen LogP contribution is 2.33. The van der Waals surface area contributed by atoms with Crippen LogP contribution in [0.2, 0.25) is 0 Å². The molecule has 0 aromatic heterocycles. The molecule has 0 aliphatic carbocycles. The second-order valence-corrected chi connectivity index (χ2v) is 3.27. The maximum Gasteiger partial charge on any atom is 0.160 e. The molecule has 0 saturated carbocycles. The van der Waals surface area contributed by atoms with Gasteiger partial charge in [-0.2, -0.15) is 0 Å². The molecule has 0 fully saturated rings. The van der Waals surface area contributed by atoms with Gasteiger partial charge in [0.25, 0.3) is 0 Å². The van der Waals surface area contributed by atoms with E-state index in [-0.39, 0.29) is 11.5 Å². The van der Waals surface area contributed by atoms with Gasteiger partial charge in [0.05, 0.1) is 6.61 Å². The van der Waals surface area contributed by atoms with Crippen molar-refractivity contribution in [1.82, 2.24) is 0 Å². The number of phenolic OH excluding ortho intramolecular Hbond substituents is 2. The van der Waals surface area contributed by atoms with Crippen molar-refractivity contribution in [2.75, 3.05) is 6.61 Å². The molecular formula is C10H15NO3. The molecule has 0 aliphatic rings. The van der Waals surface area contributed by atoms with Crippen molar-refractivity contribution in [2.45, 2.75) is 20.3 Å². The zero-order valence-corrected chi connectivity index (χ0v) is 8.37. The minimum absolute atomic E-state index is 0.0556. The van der Waals surface area contributed by atoms with Crippen LogP contribution in [0.1, 0.15) is 16.7 Å². The topological polar surface area (TPSA) is 75.7 Å². The first-order valence-electron chi connectivity index (χ1n) is 4.40. The Balaban J connectivity index is 3.06. The molecule has 1 aromatic rings. The molecule has 0 bridgehead atoms. The Morgan fingerprint density at radius 2 is 1.93 bits per heavy atom. The van der Waals surface area contributed by atoms with Crippen molar-refractivity contribution in [1.29, 1.82) is 0 Å². The van der Waals surface area contributed by atoms with Crippen molar-refractivity contribution >= 4 is 0 Å². The van der Waals surface area contributed by atoms with Crippen molar-refractivity contribution in [3.8, 4) is 11.5 Å².